The third-order valence-electron chi connectivity index (χ3n) is 1.33. The van der Waals surface area contributed by atoms with Gasteiger partial charge in [0, 0.05) is 18.5 Å². The van der Waals surface area contributed by atoms with Gasteiger partial charge in [-0.05, 0) is 0 Å². The number of nitrogens with one attached hydrogen (secondary N) is 1. The van der Waals surface area contributed by atoms with Gasteiger partial charge in [-0.1, -0.05) is 0 Å². The number of aldehydes is 1. The van der Waals surface area contributed by atoms with Crippen molar-refractivity contribution in [3.63, 3.8) is 0 Å². The number of imidazole rings is 1. The van der Waals surface area contributed by atoms with Crippen LogP contribution in [0.25, 0.3) is 5.65 Å². The number of carbonyl (C=O) groups is 1. The zero-order valence-electron chi connectivity index (χ0n) is 5.11. The highest BCUT2D eigenvalue weighted by Gasteiger charge is 1.96. The molecule has 0 aromatic carbocycles. The van der Waals surface area contributed by atoms with Gasteiger partial charge in [0.05, 0.1) is 5.69 Å². The van der Waals surface area contributed by atoms with Crippen LogP contribution in [0.4, 0.5) is 0 Å². The predicted molar refractivity (Wildman–Crippen MR) is 34.9 cm³/mol. The normalized spacial score (nSPS) is 10.4. The van der Waals surface area contributed by atoms with Crippen LogP contribution in [0.2, 0.25) is 0 Å². The van der Waals surface area contributed by atoms with Gasteiger partial charge in [-0.25, -0.2) is 9.50 Å². The summed E-state index contributed by atoms with van der Waals surface area (Å²) in [6, 6.07) is 1.69. The summed E-state index contributed by atoms with van der Waals surface area (Å²) in [6.07, 6.45) is 4.18. The van der Waals surface area contributed by atoms with E-state index < -0.39 is 0 Å². The molecule has 0 atom stereocenters. The lowest BCUT2D eigenvalue weighted by molar-refractivity contribution is 0.111. The molecule has 4 nitrogen and oxygen atoms in total. The van der Waals surface area contributed by atoms with E-state index in [2.05, 4.69) is 10.1 Å². The van der Waals surface area contributed by atoms with Crippen LogP contribution in [-0.4, -0.2) is 20.9 Å². The smallest absolute Gasteiger partial charge is 0.167 e. The lowest BCUT2D eigenvalue weighted by Crippen LogP contribution is -1.82. The van der Waals surface area contributed by atoms with Gasteiger partial charge in [-0.2, -0.15) is 0 Å². The second-order valence-electron chi connectivity index (χ2n) is 1.98. The standard InChI is InChI=1S/C6H5N3O/c10-4-5-3-6-7-1-2-9(6)8-5/h1-4,8H. The molecule has 0 spiro atoms. The molecule has 0 aliphatic carbocycles. The van der Waals surface area contributed by atoms with E-state index >= 15 is 0 Å². The van der Waals surface area contributed by atoms with Crippen molar-refractivity contribution in [3.8, 4) is 0 Å². The molecule has 0 fully saturated rings. The van der Waals surface area contributed by atoms with Crippen LogP contribution in [-0.2, 0) is 0 Å². The molecule has 2 aromatic rings. The topological polar surface area (TPSA) is 50.2 Å². The molecular weight excluding hydrogens is 130 g/mol. The van der Waals surface area contributed by atoms with E-state index in [0.29, 0.717) is 5.69 Å². The SMILES string of the molecule is O=Cc1cc2nccn2[nH]1. The third kappa shape index (κ3) is 0.556. The van der Waals surface area contributed by atoms with E-state index in [0.717, 1.165) is 11.9 Å². The molecule has 0 saturated heterocycles. The maximum absolute atomic E-state index is 10.2. The fraction of sp³-hybridized carbons (Fsp3) is 0. The molecule has 0 aliphatic heterocycles. The first-order chi connectivity index (χ1) is 4.90. The van der Waals surface area contributed by atoms with Gasteiger partial charge in [0.15, 0.2) is 11.9 Å². The number of aromatic amines is 1. The molecule has 2 heterocycles. The first-order valence-corrected chi connectivity index (χ1v) is 2.87. The summed E-state index contributed by atoms with van der Waals surface area (Å²) in [5.41, 5.74) is 1.31. The number of hydrogen-bond donors (Lipinski definition) is 1. The molecule has 2 aromatic heterocycles. The third-order valence-corrected chi connectivity index (χ3v) is 1.33. The fourth-order valence-corrected chi connectivity index (χ4v) is 0.887. The van der Waals surface area contributed by atoms with E-state index in [1.165, 1.54) is 0 Å². The largest absolute Gasteiger partial charge is 0.296 e. The van der Waals surface area contributed by atoms with Crippen molar-refractivity contribution in [2.24, 2.45) is 0 Å². The van der Waals surface area contributed by atoms with Crippen LogP contribution < -0.4 is 0 Å². The fourth-order valence-electron chi connectivity index (χ4n) is 0.887. The molecule has 0 amide bonds. The highest BCUT2D eigenvalue weighted by atomic mass is 16.1. The van der Waals surface area contributed by atoms with Crippen molar-refractivity contribution in [2.75, 3.05) is 0 Å². The molecular formula is C6H5N3O. The number of aromatic nitrogens is 3. The maximum Gasteiger partial charge on any atom is 0.167 e. The predicted octanol–water partition coefficient (Wildman–Crippen LogP) is 0.475. The van der Waals surface area contributed by atoms with Crippen LogP contribution in [0, 0.1) is 0 Å². The number of fused-ring (bicyclic) bond motifs is 1. The van der Waals surface area contributed by atoms with Crippen molar-refractivity contribution in [2.45, 2.75) is 0 Å². The second kappa shape index (κ2) is 1.70. The minimum Gasteiger partial charge on any atom is -0.296 e. The van der Waals surface area contributed by atoms with Gasteiger partial charge in [-0.15, -0.1) is 0 Å². The Morgan fingerprint density at radius 3 is 3.30 bits per heavy atom. The van der Waals surface area contributed by atoms with E-state index in [1.807, 2.05) is 0 Å². The van der Waals surface area contributed by atoms with Crippen molar-refractivity contribution in [1.29, 1.82) is 0 Å². The summed E-state index contributed by atoms with van der Waals surface area (Å²) in [5, 5.41) is 2.81. The number of hydrogen-bond acceptors (Lipinski definition) is 2. The Balaban J connectivity index is 2.78. The van der Waals surface area contributed by atoms with Gasteiger partial charge in [-0.3, -0.25) is 9.89 Å². The molecule has 50 valence electrons. The van der Waals surface area contributed by atoms with Crippen LogP contribution in [0.3, 0.4) is 0 Å². The van der Waals surface area contributed by atoms with Gasteiger partial charge in [0.1, 0.15) is 0 Å². The van der Waals surface area contributed by atoms with E-state index in [4.69, 9.17) is 0 Å². The minimum absolute atomic E-state index is 0.545. The summed E-state index contributed by atoms with van der Waals surface area (Å²) in [4.78, 5) is 14.2. The summed E-state index contributed by atoms with van der Waals surface area (Å²) >= 11 is 0. The first-order valence-electron chi connectivity index (χ1n) is 2.87. The van der Waals surface area contributed by atoms with Crippen LogP contribution in [0.15, 0.2) is 18.5 Å². The first kappa shape index (κ1) is 5.22. The van der Waals surface area contributed by atoms with Crippen molar-refractivity contribution >= 4 is 11.9 Å². The van der Waals surface area contributed by atoms with Crippen LogP contribution >= 0.6 is 0 Å². The molecule has 1 N–H and O–H groups in total. The molecule has 2 rings (SSSR count). The van der Waals surface area contributed by atoms with Gasteiger partial charge < -0.3 is 0 Å². The maximum atomic E-state index is 10.2. The molecule has 10 heavy (non-hydrogen) atoms. The summed E-state index contributed by atoms with van der Waals surface area (Å²) in [6.45, 7) is 0. The van der Waals surface area contributed by atoms with E-state index in [1.54, 1.807) is 23.0 Å². The summed E-state index contributed by atoms with van der Waals surface area (Å²) in [7, 11) is 0. The van der Waals surface area contributed by atoms with Crippen molar-refractivity contribution in [1.82, 2.24) is 14.6 Å². The van der Waals surface area contributed by atoms with Crippen LogP contribution in [0.1, 0.15) is 10.5 Å². The quantitative estimate of drug-likeness (QED) is 0.578. The average Bonchev–Trinajstić information content (AvgIpc) is 2.42. The molecule has 0 bridgehead atoms. The highest BCUT2D eigenvalue weighted by molar-refractivity contribution is 5.73. The zero-order chi connectivity index (χ0) is 6.97. The van der Waals surface area contributed by atoms with Crippen LogP contribution in [0.5, 0.6) is 0 Å². The van der Waals surface area contributed by atoms with E-state index in [-0.39, 0.29) is 0 Å². The monoisotopic (exact) mass is 135 g/mol. The second-order valence-corrected chi connectivity index (χ2v) is 1.98. The summed E-state index contributed by atoms with van der Waals surface area (Å²) < 4.78 is 1.68. The zero-order valence-corrected chi connectivity index (χ0v) is 5.11. The molecule has 0 radical (unpaired) electrons. The summed E-state index contributed by atoms with van der Waals surface area (Å²) in [5.74, 6) is 0. The average molecular weight is 135 g/mol. The number of nitrogens with zero attached hydrogens (tertiary/aromatic N) is 2. The molecule has 0 saturated carbocycles. The Morgan fingerprint density at radius 2 is 2.60 bits per heavy atom. The lowest BCUT2D eigenvalue weighted by atomic mass is 10.5. The van der Waals surface area contributed by atoms with Gasteiger partial charge >= 0.3 is 0 Å². The minimum atomic E-state index is 0.545. The Labute approximate surface area is 56.5 Å². The Bertz CT molecular complexity index is 331. The molecule has 4 heteroatoms. The Morgan fingerprint density at radius 1 is 1.70 bits per heavy atom. The number of carbonyl (C=O) groups excluding carboxylic acids is 1. The number of rotatable bonds is 1. The molecule has 0 aliphatic rings. The number of H-pyrrole nitrogens is 1. The van der Waals surface area contributed by atoms with E-state index in [9.17, 15) is 4.79 Å². The Hall–Kier alpha value is -1.58. The van der Waals surface area contributed by atoms with Gasteiger partial charge in [0.2, 0.25) is 0 Å². The van der Waals surface area contributed by atoms with Crippen molar-refractivity contribution in [3.05, 3.63) is 24.2 Å². The van der Waals surface area contributed by atoms with Gasteiger partial charge in [0.25, 0.3) is 0 Å². The Kier molecular flexibility index (Phi) is 0.887. The lowest BCUT2D eigenvalue weighted by Gasteiger charge is -1.78. The molecule has 0 unspecified atom stereocenters. The van der Waals surface area contributed by atoms with Crippen molar-refractivity contribution < 1.29 is 4.79 Å². The highest BCUT2D eigenvalue weighted by Crippen LogP contribution is 1.99.